The lowest BCUT2D eigenvalue weighted by atomic mass is 10.0. The van der Waals surface area contributed by atoms with Crippen LogP contribution >= 0.6 is 0 Å². The Kier molecular flexibility index (Phi) is 8.87. The molecule has 0 aliphatic carbocycles. The first-order valence-electron chi connectivity index (χ1n) is 12.8. The van der Waals surface area contributed by atoms with Crippen molar-refractivity contribution in [3.05, 3.63) is 42.9 Å². The number of nitrogen functional groups attached to an aromatic ring is 1. The number of hydrogen-bond donors (Lipinski definition) is 2. The van der Waals surface area contributed by atoms with Gasteiger partial charge in [0.15, 0.2) is 11.5 Å². The first kappa shape index (κ1) is 30.5. The first-order valence-corrected chi connectivity index (χ1v) is 14.6. The van der Waals surface area contributed by atoms with Gasteiger partial charge in [0.05, 0.1) is 50.5 Å². The zero-order chi connectivity index (χ0) is 30.7. The van der Waals surface area contributed by atoms with Crippen LogP contribution in [0.5, 0.6) is 17.2 Å². The molecular formula is C28H33N5O8S. The predicted octanol–water partition coefficient (Wildman–Crippen LogP) is 3.69. The molecule has 4 rings (SSSR count). The summed E-state index contributed by atoms with van der Waals surface area (Å²) in [6.45, 7) is 4.64. The molecule has 3 N–H and O–H groups in total. The van der Waals surface area contributed by atoms with Crippen molar-refractivity contribution in [2.24, 2.45) is 0 Å². The lowest BCUT2D eigenvalue weighted by molar-refractivity contribution is 0.0466. The predicted molar refractivity (Wildman–Crippen MR) is 157 cm³/mol. The molecule has 3 aromatic heterocycles. The minimum absolute atomic E-state index is 0.134. The molecule has 3 heterocycles. The number of anilines is 1. The molecule has 1 atom stereocenters. The maximum absolute atomic E-state index is 12.3. The summed E-state index contributed by atoms with van der Waals surface area (Å²) in [4.78, 5) is 25.6. The van der Waals surface area contributed by atoms with Gasteiger partial charge in [-0.25, -0.2) is 9.78 Å². The molecule has 0 aliphatic rings. The van der Waals surface area contributed by atoms with Crippen molar-refractivity contribution in [3.8, 4) is 28.5 Å². The second-order valence-corrected chi connectivity index (χ2v) is 12.0. The standard InChI is InChI=1S/C28H33N5O8S/c1-28(2,3)41-27(34)32-17(15-40-42(6,35)36)14-39-18-7-16(11-30-12-18)22-8-19-20-9-24(37-4)25(38-5)10-23(20)31-13-21(19)26(29)33-22/h7-13,17H,14-15H2,1-6H3,(H2,29,33)(H,32,34)/t17-/m0/s1. The van der Waals surface area contributed by atoms with E-state index in [1.807, 2.05) is 12.1 Å². The fourth-order valence-electron chi connectivity index (χ4n) is 4.05. The number of aromatic nitrogens is 3. The molecule has 42 heavy (non-hydrogen) atoms. The Morgan fingerprint density at radius 2 is 1.69 bits per heavy atom. The summed E-state index contributed by atoms with van der Waals surface area (Å²) >= 11 is 0. The highest BCUT2D eigenvalue weighted by atomic mass is 32.2. The van der Waals surface area contributed by atoms with Crippen molar-refractivity contribution >= 4 is 43.7 Å². The molecule has 14 heteroatoms. The fraction of sp³-hybridized carbons (Fsp3) is 0.357. The summed E-state index contributed by atoms with van der Waals surface area (Å²) in [6.07, 6.45) is 4.92. The monoisotopic (exact) mass is 599 g/mol. The molecule has 0 radical (unpaired) electrons. The van der Waals surface area contributed by atoms with E-state index in [1.165, 1.54) is 6.20 Å². The average Bonchev–Trinajstić information content (AvgIpc) is 2.92. The molecule has 1 amide bonds. The molecule has 1 aromatic carbocycles. The Hall–Kier alpha value is -4.43. The molecule has 13 nitrogen and oxygen atoms in total. The van der Waals surface area contributed by atoms with Crippen LogP contribution in [0.4, 0.5) is 10.6 Å². The first-order chi connectivity index (χ1) is 19.8. The smallest absolute Gasteiger partial charge is 0.408 e. The highest BCUT2D eigenvalue weighted by molar-refractivity contribution is 7.85. The van der Waals surface area contributed by atoms with Gasteiger partial charge in [-0.2, -0.15) is 8.42 Å². The van der Waals surface area contributed by atoms with E-state index in [4.69, 9.17) is 28.9 Å². The van der Waals surface area contributed by atoms with E-state index in [9.17, 15) is 13.2 Å². The van der Waals surface area contributed by atoms with Crippen molar-refractivity contribution in [1.29, 1.82) is 0 Å². The molecule has 0 fully saturated rings. The van der Waals surface area contributed by atoms with E-state index in [-0.39, 0.29) is 19.0 Å². The number of ether oxygens (including phenoxy) is 4. The van der Waals surface area contributed by atoms with Crippen molar-refractivity contribution in [3.63, 3.8) is 0 Å². The second kappa shape index (κ2) is 12.2. The third-order valence-electron chi connectivity index (χ3n) is 5.88. The van der Waals surface area contributed by atoms with Gasteiger partial charge in [-0.1, -0.05) is 0 Å². The van der Waals surface area contributed by atoms with E-state index in [0.717, 1.165) is 17.0 Å². The number of alkyl carbamates (subject to hydrolysis) is 1. The summed E-state index contributed by atoms with van der Waals surface area (Å²) in [5.74, 6) is 1.71. The van der Waals surface area contributed by atoms with Crippen molar-refractivity contribution in [2.75, 3.05) is 39.4 Å². The number of pyridine rings is 3. The van der Waals surface area contributed by atoms with Crippen molar-refractivity contribution in [2.45, 2.75) is 32.4 Å². The van der Waals surface area contributed by atoms with E-state index in [2.05, 4.69) is 20.3 Å². The van der Waals surface area contributed by atoms with Gasteiger partial charge in [0.25, 0.3) is 10.1 Å². The van der Waals surface area contributed by atoms with E-state index in [1.54, 1.807) is 59.5 Å². The number of carbonyl (C=O) groups excluding carboxylic acids is 1. The molecule has 0 aliphatic heterocycles. The third-order valence-corrected chi connectivity index (χ3v) is 6.44. The van der Waals surface area contributed by atoms with Crippen LogP contribution in [-0.2, 0) is 19.0 Å². The average molecular weight is 600 g/mol. The number of nitrogens with zero attached hydrogens (tertiary/aromatic N) is 3. The molecule has 4 aromatic rings. The van der Waals surface area contributed by atoms with Crippen LogP contribution in [0.15, 0.2) is 42.9 Å². The van der Waals surface area contributed by atoms with Gasteiger partial charge in [0.1, 0.15) is 23.8 Å². The number of fused-ring (bicyclic) bond motifs is 3. The fourth-order valence-corrected chi connectivity index (χ4v) is 4.46. The van der Waals surface area contributed by atoms with Crippen LogP contribution in [0.3, 0.4) is 0 Å². The quantitative estimate of drug-likeness (QED) is 0.200. The second-order valence-electron chi connectivity index (χ2n) is 10.4. The molecule has 0 bridgehead atoms. The zero-order valence-electron chi connectivity index (χ0n) is 24.1. The summed E-state index contributed by atoms with van der Waals surface area (Å²) in [5.41, 5.74) is 7.41. The van der Waals surface area contributed by atoms with Gasteiger partial charge in [-0.05, 0) is 44.4 Å². The van der Waals surface area contributed by atoms with Gasteiger partial charge in [0.2, 0.25) is 0 Å². The molecular weight excluding hydrogens is 566 g/mol. The van der Waals surface area contributed by atoms with Gasteiger partial charge in [-0.15, -0.1) is 0 Å². The maximum atomic E-state index is 12.3. The lowest BCUT2D eigenvalue weighted by Gasteiger charge is -2.23. The van der Waals surface area contributed by atoms with Crippen molar-refractivity contribution < 1.29 is 36.3 Å². The molecule has 224 valence electrons. The Balaban J connectivity index is 1.62. The van der Waals surface area contributed by atoms with Crippen LogP contribution in [0.2, 0.25) is 0 Å². The van der Waals surface area contributed by atoms with Crippen LogP contribution in [0.25, 0.3) is 32.9 Å². The number of hydrogen-bond acceptors (Lipinski definition) is 12. The molecule has 0 spiro atoms. The number of benzene rings is 1. The lowest BCUT2D eigenvalue weighted by Crippen LogP contribution is -2.45. The van der Waals surface area contributed by atoms with Crippen LogP contribution < -0.4 is 25.3 Å². The number of rotatable bonds is 10. The summed E-state index contributed by atoms with van der Waals surface area (Å²) in [7, 11) is -0.647. The number of amides is 1. The molecule has 0 saturated carbocycles. The normalized spacial score (nSPS) is 12.6. The van der Waals surface area contributed by atoms with E-state index < -0.39 is 27.9 Å². The Bertz CT molecular complexity index is 1720. The maximum Gasteiger partial charge on any atom is 0.408 e. The molecule has 0 unspecified atom stereocenters. The largest absolute Gasteiger partial charge is 0.493 e. The van der Waals surface area contributed by atoms with Gasteiger partial charge in [0, 0.05) is 34.8 Å². The minimum atomic E-state index is -3.76. The Morgan fingerprint density at radius 3 is 2.36 bits per heavy atom. The van der Waals surface area contributed by atoms with E-state index in [0.29, 0.717) is 39.4 Å². The molecule has 0 saturated heterocycles. The number of nitrogens with two attached hydrogens (primary N) is 1. The summed E-state index contributed by atoms with van der Waals surface area (Å²) in [6, 6.07) is 6.35. The van der Waals surface area contributed by atoms with Crippen LogP contribution in [0, 0.1) is 0 Å². The Morgan fingerprint density at radius 1 is 0.976 bits per heavy atom. The highest BCUT2D eigenvalue weighted by Crippen LogP contribution is 2.37. The Labute approximate surface area is 243 Å². The SMILES string of the molecule is COc1cc2ncc3c(N)nc(-c4cncc(OC[C@@H](COS(C)(=O)=O)NC(=O)OC(C)(C)C)c4)cc3c2cc1OC. The van der Waals surface area contributed by atoms with Crippen LogP contribution in [-0.4, -0.2) is 74.8 Å². The van der Waals surface area contributed by atoms with Gasteiger partial charge < -0.3 is 30.0 Å². The van der Waals surface area contributed by atoms with Crippen molar-refractivity contribution in [1.82, 2.24) is 20.3 Å². The zero-order valence-corrected chi connectivity index (χ0v) is 24.9. The number of methoxy groups -OCH3 is 2. The summed E-state index contributed by atoms with van der Waals surface area (Å²) < 4.78 is 50.0. The van der Waals surface area contributed by atoms with E-state index >= 15 is 0 Å². The minimum Gasteiger partial charge on any atom is -0.493 e. The van der Waals surface area contributed by atoms with Gasteiger partial charge in [-0.3, -0.25) is 14.2 Å². The highest BCUT2D eigenvalue weighted by Gasteiger charge is 2.22. The topological polar surface area (TPSA) is 174 Å². The number of nitrogens with one attached hydrogen (secondary N) is 1. The van der Waals surface area contributed by atoms with Crippen LogP contribution in [0.1, 0.15) is 20.8 Å². The third kappa shape index (κ3) is 7.64. The van der Waals surface area contributed by atoms with Gasteiger partial charge >= 0.3 is 6.09 Å². The number of carbonyl (C=O) groups is 1. The summed E-state index contributed by atoms with van der Waals surface area (Å²) in [5, 5.41) is 4.84.